The maximum absolute atomic E-state index is 5.91. The van der Waals surface area contributed by atoms with Gasteiger partial charge in [-0.25, -0.2) is 0 Å². The van der Waals surface area contributed by atoms with Crippen LogP contribution in [0.2, 0.25) is 0 Å². The normalized spacial score (nSPS) is 42.0. The molecule has 1 aliphatic heterocycles. The van der Waals surface area contributed by atoms with Gasteiger partial charge in [-0.05, 0) is 58.5 Å². The van der Waals surface area contributed by atoms with Crippen molar-refractivity contribution in [2.45, 2.75) is 71.1 Å². The minimum absolute atomic E-state index is 0.310. The predicted molar refractivity (Wildman–Crippen MR) is 82.9 cm³/mol. The molecule has 3 rings (SSSR count). The lowest BCUT2D eigenvalue weighted by atomic mass is 9.63. The van der Waals surface area contributed by atoms with E-state index in [9.17, 15) is 0 Å². The molecular formula is C17H32N2O. The highest BCUT2D eigenvalue weighted by atomic mass is 16.5. The van der Waals surface area contributed by atoms with Gasteiger partial charge in [0.2, 0.25) is 0 Å². The van der Waals surface area contributed by atoms with Crippen LogP contribution in [0.25, 0.3) is 0 Å². The Morgan fingerprint density at radius 3 is 2.60 bits per heavy atom. The van der Waals surface area contributed by atoms with Gasteiger partial charge >= 0.3 is 0 Å². The summed E-state index contributed by atoms with van der Waals surface area (Å²) in [6, 6.07) is 0.706. The Balaban J connectivity index is 1.67. The molecule has 0 amide bonds. The number of nitrogens with zero attached hydrogens (tertiary/aromatic N) is 1. The van der Waals surface area contributed by atoms with E-state index >= 15 is 0 Å². The molecule has 3 heteroatoms. The molecule has 1 heterocycles. The summed E-state index contributed by atoms with van der Waals surface area (Å²) in [5.74, 6) is 0.911. The highest BCUT2D eigenvalue weighted by molar-refractivity contribution is 5.08. The Hall–Kier alpha value is -0.120. The van der Waals surface area contributed by atoms with Gasteiger partial charge in [-0.1, -0.05) is 13.8 Å². The van der Waals surface area contributed by atoms with Gasteiger partial charge in [-0.15, -0.1) is 0 Å². The Morgan fingerprint density at radius 1 is 1.25 bits per heavy atom. The van der Waals surface area contributed by atoms with Crippen molar-refractivity contribution in [3.63, 3.8) is 0 Å². The van der Waals surface area contributed by atoms with E-state index in [2.05, 4.69) is 37.9 Å². The standard InChI is InChI=1S/C17H32N2O/c1-5-20-15-11-14(16(15,2)3)19-10-6-9-18-17(4,12-19)13-7-8-13/h13-15,18H,5-12H2,1-4H3. The highest BCUT2D eigenvalue weighted by Gasteiger charge is 2.53. The minimum atomic E-state index is 0.310. The van der Waals surface area contributed by atoms with Gasteiger partial charge in [-0.3, -0.25) is 4.90 Å². The SMILES string of the molecule is CCOC1CC(N2CCCNC(C)(C3CC3)C2)C1(C)C. The van der Waals surface area contributed by atoms with E-state index < -0.39 is 0 Å². The summed E-state index contributed by atoms with van der Waals surface area (Å²) < 4.78 is 5.91. The molecule has 3 aliphatic rings. The molecule has 20 heavy (non-hydrogen) atoms. The third kappa shape index (κ3) is 2.53. The van der Waals surface area contributed by atoms with E-state index in [4.69, 9.17) is 4.74 Å². The molecule has 0 aromatic heterocycles. The number of ether oxygens (including phenoxy) is 1. The molecule has 3 nitrogen and oxygen atoms in total. The summed E-state index contributed by atoms with van der Waals surface area (Å²) in [5.41, 5.74) is 0.661. The van der Waals surface area contributed by atoms with E-state index in [-0.39, 0.29) is 0 Å². The molecule has 1 saturated heterocycles. The molecule has 2 saturated carbocycles. The third-order valence-corrected chi connectivity index (χ3v) is 6.10. The average molecular weight is 280 g/mol. The fraction of sp³-hybridized carbons (Fsp3) is 1.00. The van der Waals surface area contributed by atoms with Crippen molar-refractivity contribution in [3.8, 4) is 0 Å². The molecule has 3 fully saturated rings. The summed E-state index contributed by atoms with van der Waals surface area (Å²) in [6.45, 7) is 13.9. The monoisotopic (exact) mass is 280 g/mol. The van der Waals surface area contributed by atoms with E-state index in [1.165, 1.54) is 45.3 Å². The van der Waals surface area contributed by atoms with Gasteiger partial charge in [0.25, 0.3) is 0 Å². The van der Waals surface area contributed by atoms with Crippen molar-refractivity contribution in [2.75, 3.05) is 26.2 Å². The molecule has 0 radical (unpaired) electrons. The van der Waals surface area contributed by atoms with Crippen LogP contribution in [0.15, 0.2) is 0 Å². The van der Waals surface area contributed by atoms with Crippen LogP contribution in [0.5, 0.6) is 0 Å². The summed E-state index contributed by atoms with van der Waals surface area (Å²) >= 11 is 0. The lowest BCUT2D eigenvalue weighted by Gasteiger charge is -2.56. The van der Waals surface area contributed by atoms with Crippen molar-refractivity contribution < 1.29 is 4.74 Å². The Morgan fingerprint density at radius 2 is 2.00 bits per heavy atom. The fourth-order valence-corrected chi connectivity index (χ4v) is 4.44. The molecule has 3 atom stereocenters. The maximum atomic E-state index is 5.91. The number of hydrogen-bond donors (Lipinski definition) is 1. The van der Waals surface area contributed by atoms with E-state index in [0.29, 0.717) is 23.1 Å². The zero-order valence-electron chi connectivity index (χ0n) is 13.7. The largest absolute Gasteiger partial charge is 0.378 e. The van der Waals surface area contributed by atoms with E-state index in [0.717, 1.165) is 12.5 Å². The van der Waals surface area contributed by atoms with Crippen LogP contribution in [-0.4, -0.2) is 48.8 Å². The topological polar surface area (TPSA) is 24.5 Å². The Labute approximate surface area is 124 Å². The molecule has 3 unspecified atom stereocenters. The van der Waals surface area contributed by atoms with Gasteiger partial charge in [0.05, 0.1) is 6.10 Å². The van der Waals surface area contributed by atoms with Crippen LogP contribution in [-0.2, 0) is 4.74 Å². The molecule has 0 aromatic rings. The minimum Gasteiger partial charge on any atom is -0.378 e. The van der Waals surface area contributed by atoms with Crippen LogP contribution >= 0.6 is 0 Å². The fourth-order valence-electron chi connectivity index (χ4n) is 4.44. The van der Waals surface area contributed by atoms with E-state index in [1.807, 2.05) is 0 Å². The van der Waals surface area contributed by atoms with Crippen molar-refractivity contribution in [2.24, 2.45) is 11.3 Å². The van der Waals surface area contributed by atoms with Gasteiger partial charge in [0, 0.05) is 30.1 Å². The number of nitrogens with one attached hydrogen (secondary N) is 1. The van der Waals surface area contributed by atoms with Crippen molar-refractivity contribution in [3.05, 3.63) is 0 Å². The van der Waals surface area contributed by atoms with Crippen molar-refractivity contribution in [1.29, 1.82) is 0 Å². The van der Waals surface area contributed by atoms with Gasteiger partial charge < -0.3 is 10.1 Å². The first kappa shape index (κ1) is 14.8. The van der Waals surface area contributed by atoms with Crippen molar-refractivity contribution in [1.82, 2.24) is 10.2 Å². The summed E-state index contributed by atoms with van der Waals surface area (Å²) in [7, 11) is 0. The first-order valence-electron chi connectivity index (χ1n) is 8.58. The van der Waals surface area contributed by atoms with Crippen LogP contribution in [0.3, 0.4) is 0 Å². The van der Waals surface area contributed by atoms with Crippen LogP contribution < -0.4 is 5.32 Å². The van der Waals surface area contributed by atoms with Gasteiger partial charge in [0.15, 0.2) is 0 Å². The average Bonchev–Trinajstić information content (AvgIpc) is 3.21. The molecule has 116 valence electrons. The second-order valence-corrected chi connectivity index (χ2v) is 7.96. The van der Waals surface area contributed by atoms with Crippen LogP contribution in [0, 0.1) is 11.3 Å². The second-order valence-electron chi connectivity index (χ2n) is 7.96. The van der Waals surface area contributed by atoms with Crippen molar-refractivity contribution >= 4 is 0 Å². The molecular weight excluding hydrogens is 248 g/mol. The zero-order valence-corrected chi connectivity index (χ0v) is 13.7. The molecule has 0 spiro atoms. The maximum Gasteiger partial charge on any atom is 0.0655 e. The summed E-state index contributed by atoms with van der Waals surface area (Å²) in [5, 5.41) is 3.84. The lowest BCUT2D eigenvalue weighted by molar-refractivity contribution is -0.152. The highest BCUT2D eigenvalue weighted by Crippen LogP contribution is 2.48. The van der Waals surface area contributed by atoms with Crippen LogP contribution in [0.4, 0.5) is 0 Å². The second kappa shape index (κ2) is 5.26. The first-order chi connectivity index (χ1) is 9.47. The summed E-state index contributed by atoms with van der Waals surface area (Å²) in [6.07, 6.45) is 5.82. The number of rotatable bonds is 4. The van der Waals surface area contributed by atoms with Gasteiger partial charge in [-0.2, -0.15) is 0 Å². The number of hydrogen-bond acceptors (Lipinski definition) is 3. The Bertz CT molecular complexity index is 353. The predicted octanol–water partition coefficient (Wildman–Crippen LogP) is 2.65. The third-order valence-electron chi connectivity index (χ3n) is 6.10. The molecule has 2 aliphatic carbocycles. The quantitative estimate of drug-likeness (QED) is 0.857. The molecule has 0 aromatic carbocycles. The van der Waals surface area contributed by atoms with E-state index in [1.54, 1.807) is 0 Å². The van der Waals surface area contributed by atoms with Gasteiger partial charge in [0.1, 0.15) is 0 Å². The summed E-state index contributed by atoms with van der Waals surface area (Å²) in [4.78, 5) is 2.77. The molecule has 0 bridgehead atoms. The lowest BCUT2D eigenvalue weighted by Crippen LogP contribution is -2.64. The van der Waals surface area contributed by atoms with Crippen LogP contribution in [0.1, 0.15) is 53.4 Å². The zero-order chi connectivity index (χ0) is 14.4. The molecule has 1 N–H and O–H groups in total. The Kier molecular flexibility index (Phi) is 3.89. The first-order valence-corrected chi connectivity index (χ1v) is 8.58. The smallest absolute Gasteiger partial charge is 0.0655 e.